The fourth-order valence-electron chi connectivity index (χ4n) is 3.07. The smallest absolute Gasteiger partial charge is 0.264 e. The molecular formula is C22H20N4O5S. The number of amides is 1. The molecule has 0 unspecified atom stereocenters. The number of hydrogen-bond donors (Lipinski definition) is 1. The largest absolute Gasteiger partial charge is 0.486 e. The Morgan fingerprint density at radius 3 is 2.66 bits per heavy atom. The van der Waals surface area contributed by atoms with E-state index in [-0.39, 0.29) is 10.6 Å². The molecule has 0 bridgehead atoms. The molecule has 0 atom stereocenters. The summed E-state index contributed by atoms with van der Waals surface area (Å²) in [5, 5.41) is 3.95. The molecule has 0 spiro atoms. The Morgan fingerprint density at radius 1 is 1.06 bits per heavy atom. The number of fused-ring (bicyclic) bond motifs is 1. The van der Waals surface area contributed by atoms with Gasteiger partial charge in [0.05, 0.1) is 23.0 Å². The number of nitrogens with one attached hydrogen (secondary N) is 1. The Balaban J connectivity index is 1.52. The number of anilines is 1. The van der Waals surface area contributed by atoms with Crippen molar-refractivity contribution in [1.82, 2.24) is 10.4 Å². The average Bonchev–Trinajstić information content (AvgIpc) is 2.84. The van der Waals surface area contributed by atoms with Gasteiger partial charge in [0.1, 0.15) is 19.8 Å². The van der Waals surface area contributed by atoms with Gasteiger partial charge in [-0.2, -0.15) is 5.10 Å². The summed E-state index contributed by atoms with van der Waals surface area (Å²) in [5.41, 5.74) is 3.26. The van der Waals surface area contributed by atoms with Crippen LogP contribution in [0.5, 0.6) is 11.5 Å². The van der Waals surface area contributed by atoms with Crippen LogP contribution in [-0.4, -0.2) is 45.3 Å². The molecule has 1 amide bonds. The fraction of sp³-hybridized carbons (Fsp3) is 0.136. The zero-order valence-corrected chi connectivity index (χ0v) is 17.7. The van der Waals surface area contributed by atoms with Gasteiger partial charge in [-0.3, -0.25) is 14.1 Å². The van der Waals surface area contributed by atoms with E-state index in [1.54, 1.807) is 48.5 Å². The van der Waals surface area contributed by atoms with Crippen molar-refractivity contribution in [1.29, 1.82) is 0 Å². The van der Waals surface area contributed by atoms with Crippen molar-refractivity contribution in [2.45, 2.75) is 4.90 Å². The summed E-state index contributed by atoms with van der Waals surface area (Å²) < 4.78 is 38.5. The van der Waals surface area contributed by atoms with Gasteiger partial charge in [0, 0.05) is 11.8 Å². The highest BCUT2D eigenvalue weighted by Crippen LogP contribution is 2.32. The van der Waals surface area contributed by atoms with Crippen LogP contribution in [0, 0.1) is 0 Å². The Morgan fingerprint density at radius 2 is 1.88 bits per heavy atom. The van der Waals surface area contributed by atoms with Gasteiger partial charge in [0.15, 0.2) is 11.5 Å². The number of nitrogens with zero attached hydrogens (tertiary/aromatic N) is 3. The minimum Gasteiger partial charge on any atom is -0.486 e. The summed E-state index contributed by atoms with van der Waals surface area (Å²) >= 11 is 0. The molecule has 3 aromatic rings. The Kier molecular flexibility index (Phi) is 6.31. The fourth-order valence-corrected chi connectivity index (χ4v) is 4.50. The molecule has 1 N–H and O–H groups in total. The first kappa shape index (κ1) is 21.3. The van der Waals surface area contributed by atoms with Gasteiger partial charge in [-0.15, -0.1) is 0 Å². The Bertz CT molecular complexity index is 1220. The summed E-state index contributed by atoms with van der Waals surface area (Å²) in [5.74, 6) is 0.523. The van der Waals surface area contributed by atoms with Crippen LogP contribution < -0.4 is 19.2 Å². The van der Waals surface area contributed by atoms with Gasteiger partial charge >= 0.3 is 0 Å². The van der Waals surface area contributed by atoms with Crippen LogP contribution in [0.3, 0.4) is 0 Å². The summed E-state index contributed by atoms with van der Waals surface area (Å²) in [6.45, 7) is 0.402. The lowest BCUT2D eigenvalue weighted by atomic mass is 10.2. The molecule has 0 saturated carbocycles. The number of hydrazone groups is 1. The first-order chi connectivity index (χ1) is 15.6. The van der Waals surface area contributed by atoms with Crippen molar-refractivity contribution in [3.8, 4) is 11.5 Å². The van der Waals surface area contributed by atoms with E-state index in [0.29, 0.717) is 30.3 Å². The quantitative estimate of drug-likeness (QED) is 0.435. The van der Waals surface area contributed by atoms with Crippen LogP contribution in [0.2, 0.25) is 0 Å². The maximum absolute atomic E-state index is 13.2. The highest BCUT2D eigenvalue weighted by Gasteiger charge is 2.27. The number of hydrogen-bond acceptors (Lipinski definition) is 7. The minimum absolute atomic E-state index is 0.0632. The number of ether oxygens (including phenoxy) is 2. The van der Waals surface area contributed by atoms with Crippen LogP contribution in [0.4, 0.5) is 5.69 Å². The van der Waals surface area contributed by atoms with E-state index < -0.39 is 22.5 Å². The summed E-state index contributed by atoms with van der Waals surface area (Å²) in [7, 11) is -3.99. The van der Waals surface area contributed by atoms with Gasteiger partial charge in [-0.25, -0.2) is 13.8 Å². The molecule has 0 saturated heterocycles. The minimum atomic E-state index is -3.99. The normalized spacial score (nSPS) is 13.0. The van der Waals surface area contributed by atoms with E-state index in [4.69, 9.17) is 9.47 Å². The van der Waals surface area contributed by atoms with E-state index >= 15 is 0 Å². The van der Waals surface area contributed by atoms with E-state index in [2.05, 4.69) is 15.5 Å². The predicted octanol–water partition coefficient (Wildman–Crippen LogP) is 2.20. The van der Waals surface area contributed by atoms with Crippen molar-refractivity contribution in [2.24, 2.45) is 5.10 Å². The number of carbonyl (C=O) groups excluding carboxylic acids is 1. The zero-order valence-electron chi connectivity index (χ0n) is 16.9. The van der Waals surface area contributed by atoms with Crippen molar-refractivity contribution in [3.05, 3.63) is 78.6 Å². The number of carbonyl (C=O) groups is 1. The number of benzene rings is 2. The molecule has 1 aliphatic heterocycles. The molecule has 2 heterocycles. The van der Waals surface area contributed by atoms with Gasteiger partial charge in [0.25, 0.3) is 15.9 Å². The number of rotatable bonds is 7. The van der Waals surface area contributed by atoms with Crippen LogP contribution in [0.1, 0.15) is 5.56 Å². The molecule has 4 rings (SSSR count). The molecular weight excluding hydrogens is 432 g/mol. The topological polar surface area (TPSA) is 110 Å². The van der Waals surface area contributed by atoms with Gasteiger partial charge in [0.2, 0.25) is 0 Å². The Hall–Kier alpha value is -3.92. The second-order valence-corrected chi connectivity index (χ2v) is 8.56. The highest BCUT2D eigenvalue weighted by atomic mass is 32.2. The third kappa shape index (κ3) is 4.70. The van der Waals surface area contributed by atoms with Gasteiger partial charge in [-0.05, 0) is 36.4 Å². The Labute approximate surface area is 185 Å². The van der Waals surface area contributed by atoms with Crippen LogP contribution in [-0.2, 0) is 14.8 Å². The lowest BCUT2D eigenvalue weighted by Crippen LogP contribution is -2.39. The number of pyridine rings is 1. The summed E-state index contributed by atoms with van der Waals surface area (Å²) in [6.07, 6.45) is 4.32. The molecule has 2 aromatic carbocycles. The van der Waals surface area contributed by atoms with Crippen LogP contribution in [0.15, 0.2) is 83.1 Å². The summed E-state index contributed by atoms with van der Waals surface area (Å²) in [4.78, 5) is 16.6. The third-order valence-corrected chi connectivity index (χ3v) is 6.33. The second kappa shape index (κ2) is 9.48. The van der Waals surface area contributed by atoms with E-state index in [9.17, 15) is 13.2 Å². The third-order valence-electron chi connectivity index (χ3n) is 4.54. The highest BCUT2D eigenvalue weighted by molar-refractivity contribution is 7.92. The van der Waals surface area contributed by atoms with E-state index in [1.165, 1.54) is 30.7 Å². The lowest BCUT2D eigenvalue weighted by molar-refractivity contribution is -0.119. The van der Waals surface area contributed by atoms with Crippen molar-refractivity contribution >= 4 is 27.8 Å². The summed E-state index contributed by atoms with van der Waals surface area (Å²) in [6, 6.07) is 16.4. The first-order valence-electron chi connectivity index (χ1n) is 9.74. The van der Waals surface area contributed by atoms with Crippen molar-refractivity contribution < 1.29 is 22.7 Å². The average molecular weight is 452 g/mol. The van der Waals surface area contributed by atoms with E-state index in [0.717, 1.165) is 4.31 Å². The zero-order chi connectivity index (χ0) is 22.4. The molecule has 164 valence electrons. The lowest BCUT2D eigenvalue weighted by Gasteiger charge is -2.23. The van der Waals surface area contributed by atoms with Crippen LogP contribution >= 0.6 is 0 Å². The monoisotopic (exact) mass is 452 g/mol. The molecule has 0 fully saturated rings. The maximum atomic E-state index is 13.2. The number of aromatic nitrogens is 1. The SMILES string of the molecule is O=C(CN(c1cccnc1)S(=O)(=O)c1ccccc1)N/N=C\c1cccc2c1OCCO2. The predicted molar refractivity (Wildman–Crippen MR) is 118 cm³/mol. The number of para-hydroxylation sites is 1. The standard InChI is InChI=1S/C22H20N4O5S/c27-21(25-24-14-17-6-4-10-20-22(17)31-13-12-30-20)16-26(18-7-5-11-23-15-18)32(28,29)19-8-2-1-3-9-19/h1-11,14-15H,12-13,16H2,(H,25,27)/b24-14-. The molecule has 0 radical (unpaired) electrons. The molecule has 10 heteroatoms. The van der Waals surface area contributed by atoms with E-state index in [1.807, 2.05) is 0 Å². The molecule has 0 aliphatic carbocycles. The molecule has 32 heavy (non-hydrogen) atoms. The van der Waals surface area contributed by atoms with Gasteiger partial charge in [-0.1, -0.05) is 24.3 Å². The molecule has 1 aliphatic rings. The van der Waals surface area contributed by atoms with Crippen molar-refractivity contribution in [2.75, 3.05) is 24.1 Å². The molecule has 1 aromatic heterocycles. The van der Waals surface area contributed by atoms with Crippen molar-refractivity contribution in [3.63, 3.8) is 0 Å². The van der Waals surface area contributed by atoms with Crippen LogP contribution in [0.25, 0.3) is 0 Å². The second-order valence-electron chi connectivity index (χ2n) is 6.70. The first-order valence-corrected chi connectivity index (χ1v) is 11.2. The molecule has 9 nitrogen and oxygen atoms in total. The van der Waals surface area contributed by atoms with Gasteiger partial charge < -0.3 is 9.47 Å². The number of sulfonamides is 1. The maximum Gasteiger partial charge on any atom is 0.264 e.